The molecule has 0 radical (unpaired) electrons. The Morgan fingerprint density at radius 2 is 2.10 bits per heavy atom. The standard InChI is InChI=1S/C14H13Br2NO3/c1-3-11-12(14(18)19-4-2)20-13(17-11)9-6-5-8(15)7-10(9)16/h5-7H,3-4H2,1-2H3. The van der Waals surface area contributed by atoms with Gasteiger partial charge >= 0.3 is 5.97 Å². The molecule has 0 unspecified atom stereocenters. The van der Waals surface area contributed by atoms with Gasteiger partial charge < -0.3 is 9.15 Å². The van der Waals surface area contributed by atoms with Crippen molar-refractivity contribution in [3.8, 4) is 11.5 Å². The number of carbonyl (C=O) groups excluding carboxylic acids is 1. The van der Waals surface area contributed by atoms with E-state index in [-0.39, 0.29) is 5.76 Å². The van der Waals surface area contributed by atoms with Gasteiger partial charge in [0.2, 0.25) is 11.7 Å². The van der Waals surface area contributed by atoms with Crippen LogP contribution in [0.2, 0.25) is 0 Å². The molecule has 1 aromatic carbocycles. The van der Waals surface area contributed by atoms with Crippen molar-refractivity contribution in [1.29, 1.82) is 0 Å². The van der Waals surface area contributed by atoms with E-state index in [4.69, 9.17) is 9.15 Å². The Morgan fingerprint density at radius 1 is 1.35 bits per heavy atom. The van der Waals surface area contributed by atoms with E-state index in [2.05, 4.69) is 36.8 Å². The lowest BCUT2D eigenvalue weighted by molar-refractivity contribution is 0.0489. The first kappa shape index (κ1) is 15.3. The Hall–Kier alpha value is -1.14. The molecule has 0 aliphatic carbocycles. The van der Waals surface area contributed by atoms with E-state index < -0.39 is 5.97 Å². The van der Waals surface area contributed by atoms with Gasteiger partial charge in [0, 0.05) is 8.95 Å². The van der Waals surface area contributed by atoms with Gasteiger partial charge in [-0.3, -0.25) is 0 Å². The number of nitrogens with zero attached hydrogens (tertiary/aromatic N) is 1. The lowest BCUT2D eigenvalue weighted by atomic mass is 10.2. The highest BCUT2D eigenvalue weighted by Gasteiger charge is 2.21. The molecule has 0 saturated heterocycles. The Labute approximate surface area is 133 Å². The summed E-state index contributed by atoms with van der Waals surface area (Å²) in [5.74, 6) is 0.111. The molecule has 0 fully saturated rings. The number of halogens is 2. The van der Waals surface area contributed by atoms with Crippen LogP contribution in [0.1, 0.15) is 30.1 Å². The van der Waals surface area contributed by atoms with Crippen molar-refractivity contribution in [2.75, 3.05) is 6.61 Å². The van der Waals surface area contributed by atoms with Crippen LogP contribution in [0, 0.1) is 0 Å². The number of hydrogen-bond donors (Lipinski definition) is 0. The summed E-state index contributed by atoms with van der Waals surface area (Å²) < 4.78 is 12.4. The van der Waals surface area contributed by atoms with Crippen molar-refractivity contribution < 1.29 is 13.9 Å². The van der Waals surface area contributed by atoms with E-state index in [0.29, 0.717) is 24.6 Å². The number of esters is 1. The molecule has 0 bridgehead atoms. The van der Waals surface area contributed by atoms with Crippen LogP contribution in [0.3, 0.4) is 0 Å². The Morgan fingerprint density at radius 3 is 2.70 bits per heavy atom. The molecule has 106 valence electrons. The van der Waals surface area contributed by atoms with Crippen LogP contribution >= 0.6 is 31.9 Å². The second-order valence-corrected chi connectivity index (χ2v) is 5.76. The highest BCUT2D eigenvalue weighted by molar-refractivity contribution is 9.11. The average molecular weight is 403 g/mol. The van der Waals surface area contributed by atoms with Crippen LogP contribution in [0.15, 0.2) is 31.6 Å². The first-order valence-electron chi connectivity index (χ1n) is 6.19. The highest BCUT2D eigenvalue weighted by atomic mass is 79.9. The highest BCUT2D eigenvalue weighted by Crippen LogP contribution is 2.31. The van der Waals surface area contributed by atoms with Crippen LogP contribution in [0.5, 0.6) is 0 Å². The molecule has 0 atom stereocenters. The maximum absolute atomic E-state index is 11.8. The monoisotopic (exact) mass is 401 g/mol. The summed E-state index contributed by atoms with van der Waals surface area (Å²) in [5, 5.41) is 0. The first-order chi connectivity index (χ1) is 9.56. The summed E-state index contributed by atoms with van der Waals surface area (Å²) in [4.78, 5) is 16.2. The third kappa shape index (κ3) is 3.12. The van der Waals surface area contributed by atoms with E-state index >= 15 is 0 Å². The molecule has 20 heavy (non-hydrogen) atoms. The van der Waals surface area contributed by atoms with Crippen LogP contribution in [-0.4, -0.2) is 17.6 Å². The molecule has 2 rings (SSSR count). The van der Waals surface area contributed by atoms with E-state index in [0.717, 1.165) is 14.5 Å². The van der Waals surface area contributed by atoms with Crippen molar-refractivity contribution in [2.24, 2.45) is 0 Å². The zero-order valence-corrected chi connectivity index (χ0v) is 14.2. The van der Waals surface area contributed by atoms with E-state index in [1.807, 2.05) is 25.1 Å². The predicted molar refractivity (Wildman–Crippen MR) is 82.7 cm³/mol. The van der Waals surface area contributed by atoms with Gasteiger partial charge in [0.05, 0.1) is 17.9 Å². The summed E-state index contributed by atoms with van der Waals surface area (Å²) in [6, 6.07) is 5.66. The molecule has 0 saturated carbocycles. The number of carbonyl (C=O) groups is 1. The maximum Gasteiger partial charge on any atom is 0.376 e. The van der Waals surface area contributed by atoms with Gasteiger partial charge in [0.25, 0.3) is 0 Å². The molecule has 6 heteroatoms. The SMILES string of the molecule is CCOC(=O)c1oc(-c2ccc(Br)cc2Br)nc1CC. The van der Waals surface area contributed by atoms with E-state index in [9.17, 15) is 4.79 Å². The van der Waals surface area contributed by atoms with Crippen molar-refractivity contribution in [2.45, 2.75) is 20.3 Å². The molecule has 1 aromatic heterocycles. The molecular weight excluding hydrogens is 390 g/mol. The smallest absolute Gasteiger partial charge is 0.376 e. The number of benzene rings is 1. The molecule has 0 N–H and O–H groups in total. The minimum absolute atomic E-state index is 0.180. The number of rotatable bonds is 4. The minimum Gasteiger partial charge on any atom is -0.460 e. The Balaban J connectivity index is 2.45. The largest absolute Gasteiger partial charge is 0.460 e. The average Bonchev–Trinajstić information content (AvgIpc) is 2.83. The van der Waals surface area contributed by atoms with Gasteiger partial charge in [-0.1, -0.05) is 22.9 Å². The molecule has 0 spiro atoms. The van der Waals surface area contributed by atoms with Crippen LogP contribution in [0.4, 0.5) is 0 Å². The normalized spacial score (nSPS) is 10.6. The molecule has 0 amide bonds. The summed E-state index contributed by atoms with van der Waals surface area (Å²) in [5.41, 5.74) is 1.40. The summed E-state index contributed by atoms with van der Waals surface area (Å²) >= 11 is 6.85. The summed E-state index contributed by atoms with van der Waals surface area (Å²) in [6.07, 6.45) is 0.603. The lowest BCUT2D eigenvalue weighted by Crippen LogP contribution is -2.05. The molecule has 4 nitrogen and oxygen atoms in total. The van der Waals surface area contributed by atoms with Gasteiger partial charge in [0.15, 0.2) is 0 Å². The molecule has 2 aromatic rings. The first-order valence-corrected chi connectivity index (χ1v) is 7.77. The van der Waals surface area contributed by atoms with Gasteiger partial charge in [-0.2, -0.15) is 0 Å². The fourth-order valence-corrected chi connectivity index (χ4v) is 2.94. The maximum atomic E-state index is 11.8. The fourth-order valence-electron chi connectivity index (χ4n) is 1.73. The minimum atomic E-state index is -0.476. The second-order valence-electron chi connectivity index (χ2n) is 3.99. The van der Waals surface area contributed by atoms with Crippen LogP contribution < -0.4 is 0 Å². The quantitative estimate of drug-likeness (QED) is 0.701. The van der Waals surface area contributed by atoms with E-state index in [1.54, 1.807) is 6.92 Å². The van der Waals surface area contributed by atoms with Crippen molar-refractivity contribution in [3.63, 3.8) is 0 Å². The number of aryl methyl sites for hydroxylation is 1. The van der Waals surface area contributed by atoms with Gasteiger partial charge in [0.1, 0.15) is 0 Å². The van der Waals surface area contributed by atoms with Crippen LogP contribution in [0.25, 0.3) is 11.5 Å². The van der Waals surface area contributed by atoms with Crippen molar-refractivity contribution >= 4 is 37.8 Å². The zero-order chi connectivity index (χ0) is 14.7. The van der Waals surface area contributed by atoms with Gasteiger partial charge in [-0.25, -0.2) is 9.78 Å². The molecule has 1 heterocycles. The van der Waals surface area contributed by atoms with Crippen molar-refractivity contribution in [3.05, 3.63) is 38.6 Å². The predicted octanol–water partition coefficient (Wildman–Crippen LogP) is 4.61. The Bertz CT molecular complexity index is 637. The summed E-state index contributed by atoms with van der Waals surface area (Å²) in [6.45, 7) is 3.98. The van der Waals surface area contributed by atoms with Crippen LogP contribution in [-0.2, 0) is 11.2 Å². The van der Waals surface area contributed by atoms with Gasteiger partial charge in [-0.15, -0.1) is 0 Å². The topological polar surface area (TPSA) is 52.3 Å². The van der Waals surface area contributed by atoms with E-state index in [1.165, 1.54) is 0 Å². The third-order valence-corrected chi connectivity index (χ3v) is 3.80. The summed E-state index contributed by atoms with van der Waals surface area (Å²) in [7, 11) is 0. The number of oxazole rings is 1. The number of ether oxygens (including phenoxy) is 1. The lowest BCUT2D eigenvalue weighted by Gasteiger charge is -2.00. The Kier molecular flexibility index (Phi) is 4.99. The fraction of sp³-hybridized carbons (Fsp3) is 0.286. The zero-order valence-electron chi connectivity index (χ0n) is 11.1. The van der Waals surface area contributed by atoms with Gasteiger partial charge in [-0.05, 0) is 47.5 Å². The third-order valence-electron chi connectivity index (χ3n) is 2.65. The second kappa shape index (κ2) is 6.54. The molecule has 0 aliphatic heterocycles. The number of hydrogen-bond acceptors (Lipinski definition) is 4. The molecular formula is C14H13Br2NO3. The van der Waals surface area contributed by atoms with Crippen molar-refractivity contribution in [1.82, 2.24) is 4.98 Å². The molecule has 0 aliphatic rings. The number of aromatic nitrogens is 1.